The van der Waals surface area contributed by atoms with E-state index in [4.69, 9.17) is 4.74 Å². The zero-order valence-corrected chi connectivity index (χ0v) is 23.0. The number of unbranched alkanes of at least 4 members (excludes halogenated alkanes) is 3. The van der Waals surface area contributed by atoms with E-state index in [2.05, 4.69) is 15.0 Å². The van der Waals surface area contributed by atoms with Crippen LogP contribution in [-0.2, 0) is 21.2 Å². The summed E-state index contributed by atoms with van der Waals surface area (Å²) in [6, 6.07) is 27.0. The summed E-state index contributed by atoms with van der Waals surface area (Å²) in [5.74, 6) is 1.22. The van der Waals surface area contributed by atoms with Crippen molar-refractivity contribution in [3.8, 4) is 11.5 Å². The van der Waals surface area contributed by atoms with Crippen LogP contribution in [0.5, 0.6) is 11.5 Å². The number of hydrogen-bond acceptors (Lipinski definition) is 5. The molecule has 1 amide bonds. The van der Waals surface area contributed by atoms with Crippen LogP contribution in [0.15, 0.2) is 114 Å². The van der Waals surface area contributed by atoms with Crippen LogP contribution in [0.3, 0.4) is 0 Å². The largest absolute Gasteiger partial charge is 0.457 e. The zero-order chi connectivity index (χ0) is 28.0. The number of nitrogens with one attached hydrogen (secondary N) is 2. The standard InChI is InChI=1S/C32H33N3O4S/c36-32(21-16-27-12-9-22-33-25-27)34-23-7-2-1-4-10-26-11-8-15-31(24-26)40(37,38)35-28-17-19-30(20-18-28)39-29-13-5-3-6-14-29/h3,5-6,8-9,11-22,24-25,35H,1-2,4,7,10,23H2,(H,34,36)/b21-16+. The Morgan fingerprint density at radius 2 is 1.60 bits per heavy atom. The van der Waals surface area contributed by atoms with Gasteiger partial charge in [0, 0.05) is 30.7 Å². The second-order valence-electron chi connectivity index (χ2n) is 9.27. The minimum absolute atomic E-state index is 0.119. The van der Waals surface area contributed by atoms with Crippen molar-refractivity contribution in [2.45, 2.75) is 37.0 Å². The molecule has 0 aliphatic rings. The Hall–Kier alpha value is -4.43. The van der Waals surface area contributed by atoms with Gasteiger partial charge < -0.3 is 10.1 Å². The summed E-state index contributed by atoms with van der Waals surface area (Å²) < 4.78 is 34.4. The first-order valence-corrected chi connectivity index (χ1v) is 14.8. The van der Waals surface area contributed by atoms with Crippen LogP contribution in [0.2, 0.25) is 0 Å². The Morgan fingerprint density at radius 1 is 0.825 bits per heavy atom. The van der Waals surface area contributed by atoms with Crippen LogP contribution in [-0.4, -0.2) is 25.9 Å². The van der Waals surface area contributed by atoms with Gasteiger partial charge in [0.05, 0.1) is 4.90 Å². The zero-order valence-electron chi connectivity index (χ0n) is 22.2. The molecular formula is C32H33N3O4S. The highest BCUT2D eigenvalue weighted by Crippen LogP contribution is 2.24. The first kappa shape index (κ1) is 28.6. The fraction of sp³-hybridized carbons (Fsp3) is 0.188. The maximum Gasteiger partial charge on any atom is 0.261 e. The Balaban J connectivity index is 1.17. The van der Waals surface area contributed by atoms with E-state index in [9.17, 15) is 13.2 Å². The summed E-state index contributed by atoms with van der Waals surface area (Å²) in [6.07, 6.45) is 11.2. The fourth-order valence-electron chi connectivity index (χ4n) is 4.02. The lowest BCUT2D eigenvalue weighted by atomic mass is 10.1. The van der Waals surface area contributed by atoms with E-state index in [1.165, 1.54) is 6.08 Å². The van der Waals surface area contributed by atoms with Crippen molar-refractivity contribution >= 4 is 27.7 Å². The molecule has 4 aromatic rings. The monoisotopic (exact) mass is 555 g/mol. The van der Waals surface area contributed by atoms with Crippen LogP contribution in [0.25, 0.3) is 6.08 Å². The van der Waals surface area contributed by atoms with Crippen LogP contribution in [0.4, 0.5) is 5.69 Å². The molecule has 0 saturated heterocycles. The molecule has 0 fully saturated rings. The van der Waals surface area contributed by atoms with E-state index in [-0.39, 0.29) is 10.8 Å². The summed E-state index contributed by atoms with van der Waals surface area (Å²) in [5, 5.41) is 2.89. The second-order valence-corrected chi connectivity index (χ2v) is 10.9. The van der Waals surface area contributed by atoms with Crippen LogP contribution < -0.4 is 14.8 Å². The highest BCUT2D eigenvalue weighted by atomic mass is 32.2. The van der Waals surface area contributed by atoms with E-state index in [0.717, 1.165) is 43.2 Å². The smallest absolute Gasteiger partial charge is 0.261 e. The molecule has 0 aliphatic carbocycles. The number of amides is 1. The molecule has 40 heavy (non-hydrogen) atoms. The number of rotatable bonds is 14. The van der Waals surface area contributed by atoms with Gasteiger partial charge in [0.25, 0.3) is 10.0 Å². The lowest BCUT2D eigenvalue weighted by Crippen LogP contribution is -2.21. The number of aromatic nitrogens is 1. The number of carbonyl (C=O) groups excluding carboxylic acids is 1. The number of para-hydroxylation sites is 1. The van der Waals surface area contributed by atoms with Gasteiger partial charge >= 0.3 is 0 Å². The summed E-state index contributed by atoms with van der Waals surface area (Å²) in [7, 11) is -3.72. The Kier molecular flexibility index (Phi) is 10.5. The molecule has 0 saturated carbocycles. The normalized spacial score (nSPS) is 11.3. The summed E-state index contributed by atoms with van der Waals surface area (Å²) >= 11 is 0. The third kappa shape index (κ3) is 9.39. The average Bonchev–Trinajstić information content (AvgIpc) is 2.98. The third-order valence-electron chi connectivity index (χ3n) is 6.10. The summed E-state index contributed by atoms with van der Waals surface area (Å²) in [6.45, 7) is 0.620. The van der Waals surface area contributed by atoms with E-state index < -0.39 is 10.0 Å². The van der Waals surface area contributed by atoms with Gasteiger partial charge in [-0.25, -0.2) is 8.42 Å². The Bertz CT molecular complexity index is 1490. The fourth-order valence-corrected chi connectivity index (χ4v) is 5.15. The van der Waals surface area contributed by atoms with Crippen molar-refractivity contribution in [1.82, 2.24) is 10.3 Å². The van der Waals surface area contributed by atoms with E-state index in [1.54, 1.807) is 60.9 Å². The Labute approximate surface area is 236 Å². The van der Waals surface area contributed by atoms with Crippen LogP contribution in [0, 0.1) is 0 Å². The summed E-state index contributed by atoms with van der Waals surface area (Å²) in [4.78, 5) is 16.2. The average molecular weight is 556 g/mol. The maximum absolute atomic E-state index is 13.0. The molecular weight excluding hydrogens is 522 g/mol. The number of sulfonamides is 1. The van der Waals surface area contributed by atoms with Gasteiger partial charge in [-0.3, -0.25) is 14.5 Å². The van der Waals surface area contributed by atoms with Crippen molar-refractivity contribution in [2.24, 2.45) is 0 Å². The third-order valence-corrected chi connectivity index (χ3v) is 7.48. The lowest BCUT2D eigenvalue weighted by molar-refractivity contribution is -0.116. The van der Waals surface area contributed by atoms with Gasteiger partial charge in [-0.1, -0.05) is 49.2 Å². The molecule has 1 heterocycles. The number of hydrogen-bond donors (Lipinski definition) is 2. The predicted octanol–water partition coefficient (Wildman–Crippen LogP) is 6.61. The number of aryl methyl sites for hydroxylation is 1. The highest BCUT2D eigenvalue weighted by Gasteiger charge is 2.15. The number of ether oxygens (including phenoxy) is 1. The molecule has 0 atom stereocenters. The summed E-state index contributed by atoms with van der Waals surface area (Å²) in [5.41, 5.74) is 2.32. The van der Waals surface area contributed by atoms with Gasteiger partial charge in [0.1, 0.15) is 11.5 Å². The first-order chi connectivity index (χ1) is 19.5. The molecule has 0 radical (unpaired) electrons. The van der Waals surface area contributed by atoms with Crippen LogP contribution in [0.1, 0.15) is 36.8 Å². The topological polar surface area (TPSA) is 97.4 Å². The molecule has 2 N–H and O–H groups in total. The molecule has 0 bridgehead atoms. The van der Waals surface area contributed by atoms with Crippen molar-refractivity contribution < 1.29 is 17.9 Å². The molecule has 1 aromatic heterocycles. The van der Waals surface area contributed by atoms with Gasteiger partial charge in [-0.05, 0) is 91.1 Å². The highest BCUT2D eigenvalue weighted by molar-refractivity contribution is 7.92. The first-order valence-electron chi connectivity index (χ1n) is 13.3. The molecule has 0 spiro atoms. The van der Waals surface area contributed by atoms with Gasteiger partial charge in [0.15, 0.2) is 0 Å². The van der Waals surface area contributed by atoms with Crippen molar-refractivity contribution in [3.05, 3.63) is 121 Å². The quantitative estimate of drug-likeness (QED) is 0.135. The number of pyridine rings is 1. The molecule has 7 nitrogen and oxygen atoms in total. The van der Waals surface area contributed by atoms with E-state index in [0.29, 0.717) is 23.7 Å². The molecule has 0 aliphatic heterocycles. The van der Waals surface area contributed by atoms with E-state index in [1.807, 2.05) is 48.5 Å². The van der Waals surface area contributed by atoms with Crippen molar-refractivity contribution in [1.29, 1.82) is 0 Å². The molecule has 4 rings (SSSR count). The minimum atomic E-state index is -3.72. The van der Waals surface area contributed by atoms with Crippen molar-refractivity contribution in [3.63, 3.8) is 0 Å². The predicted molar refractivity (Wildman–Crippen MR) is 159 cm³/mol. The van der Waals surface area contributed by atoms with Crippen LogP contribution >= 0.6 is 0 Å². The number of benzene rings is 3. The molecule has 206 valence electrons. The number of anilines is 1. The number of nitrogens with zero attached hydrogens (tertiary/aromatic N) is 1. The van der Waals surface area contributed by atoms with Crippen molar-refractivity contribution in [2.75, 3.05) is 11.3 Å². The van der Waals surface area contributed by atoms with Gasteiger partial charge in [0.2, 0.25) is 5.91 Å². The molecule has 8 heteroatoms. The maximum atomic E-state index is 13.0. The lowest BCUT2D eigenvalue weighted by Gasteiger charge is -2.11. The minimum Gasteiger partial charge on any atom is -0.457 e. The van der Waals surface area contributed by atoms with Gasteiger partial charge in [-0.15, -0.1) is 0 Å². The second kappa shape index (κ2) is 14.6. The van der Waals surface area contributed by atoms with Gasteiger partial charge in [-0.2, -0.15) is 0 Å². The van der Waals surface area contributed by atoms with E-state index >= 15 is 0 Å². The Morgan fingerprint density at radius 3 is 2.38 bits per heavy atom. The molecule has 3 aromatic carbocycles. The number of carbonyl (C=O) groups is 1. The SMILES string of the molecule is O=C(/C=C/c1cccnc1)NCCCCCCc1cccc(S(=O)(=O)Nc2ccc(Oc3ccccc3)cc2)c1. The molecule has 0 unspecified atom stereocenters.